The summed E-state index contributed by atoms with van der Waals surface area (Å²) in [5.74, 6) is 0.647. The molecule has 0 spiro atoms. The molecule has 1 saturated heterocycles. The molecule has 2 heterocycles. The predicted molar refractivity (Wildman–Crippen MR) is 72.0 cm³/mol. The fourth-order valence-corrected chi connectivity index (χ4v) is 2.59. The van der Waals surface area contributed by atoms with E-state index in [1.807, 2.05) is 12.3 Å². The van der Waals surface area contributed by atoms with Crippen LogP contribution in [0.15, 0.2) is 18.3 Å². The minimum Gasteiger partial charge on any atom is -0.380 e. The number of hydrogen-bond acceptors (Lipinski definition) is 4. The van der Waals surface area contributed by atoms with E-state index in [0.717, 1.165) is 25.3 Å². The number of hydrogen-bond donors (Lipinski definition) is 1. The van der Waals surface area contributed by atoms with Crippen molar-refractivity contribution >= 4 is 0 Å². The van der Waals surface area contributed by atoms with Gasteiger partial charge in [-0.1, -0.05) is 13.0 Å². The molecule has 1 aliphatic rings. The predicted octanol–water partition coefficient (Wildman–Crippen LogP) is 1.40. The van der Waals surface area contributed by atoms with Crippen LogP contribution < -0.4 is 5.73 Å². The Morgan fingerprint density at radius 1 is 1.56 bits per heavy atom. The third-order valence-corrected chi connectivity index (χ3v) is 3.85. The fourth-order valence-electron chi connectivity index (χ4n) is 2.59. The Bertz CT molecular complexity index is 383. The first-order valence-corrected chi connectivity index (χ1v) is 6.62. The van der Waals surface area contributed by atoms with Gasteiger partial charge in [0.2, 0.25) is 0 Å². The van der Waals surface area contributed by atoms with Crippen molar-refractivity contribution in [3.63, 3.8) is 0 Å². The van der Waals surface area contributed by atoms with Gasteiger partial charge < -0.3 is 10.5 Å². The van der Waals surface area contributed by atoms with Crippen LogP contribution in [0.4, 0.5) is 0 Å². The lowest BCUT2D eigenvalue weighted by Gasteiger charge is -2.36. The number of ether oxygens (including phenoxy) is 1. The Balaban J connectivity index is 2.01. The largest absolute Gasteiger partial charge is 0.380 e. The van der Waals surface area contributed by atoms with Gasteiger partial charge in [0, 0.05) is 32.9 Å². The summed E-state index contributed by atoms with van der Waals surface area (Å²) in [6.45, 7) is 5.82. The molecule has 2 N–H and O–H groups in total. The Morgan fingerprint density at radius 2 is 2.39 bits per heavy atom. The van der Waals surface area contributed by atoms with Crippen molar-refractivity contribution in [3.8, 4) is 0 Å². The Hall–Kier alpha value is -0.970. The van der Waals surface area contributed by atoms with Gasteiger partial charge in [0.1, 0.15) is 0 Å². The van der Waals surface area contributed by atoms with Crippen LogP contribution in [0.25, 0.3) is 0 Å². The van der Waals surface area contributed by atoms with Crippen LogP contribution in [0.1, 0.15) is 24.6 Å². The minimum absolute atomic E-state index is 0.344. The lowest BCUT2D eigenvalue weighted by molar-refractivity contribution is -0.00754. The number of nitrogens with zero attached hydrogens (tertiary/aromatic N) is 2. The zero-order valence-corrected chi connectivity index (χ0v) is 11.3. The van der Waals surface area contributed by atoms with Crippen molar-refractivity contribution in [1.29, 1.82) is 0 Å². The summed E-state index contributed by atoms with van der Waals surface area (Å²) in [5, 5.41) is 0. The first-order chi connectivity index (χ1) is 8.74. The van der Waals surface area contributed by atoms with Crippen LogP contribution in [-0.4, -0.2) is 36.2 Å². The molecule has 2 rings (SSSR count). The average molecular weight is 249 g/mol. The van der Waals surface area contributed by atoms with Gasteiger partial charge in [-0.2, -0.15) is 0 Å². The van der Waals surface area contributed by atoms with E-state index in [4.69, 9.17) is 10.5 Å². The van der Waals surface area contributed by atoms with E-state index in [-0.39, 0.29) is 0 Å². The number of nitrogens with two attached hydrogens (primary N) is 1. The normalized spacial score (nSPS) is 25.3. The first kappa shape index (κ1) is 13.5. The van der Waals surface area contributed by atoms with Crippen LogP contribution in [0.2, 0.25) is 0 Å². The zero-order valence-electron chi connectivity index (χ0n) is 11.3. The van der Waals surface area contributed by atoms with E-state index in [2.05, 4.69) is 22.9 Å². The van der Waals surface area contributed by atoms with Crippen molar-refractivity contribution in [2.24, 2.45) is 11.7 Å². The summed E-state index contributed by atoms with van der Waals surface area (Å²) in [5.41, 5.74) is 7.97. The first-order valence-electron chi connectivity index (χ1n) is 6.62. The highest BCUT2D eigenvalue weighted by Crippen LogP contribution is 2.21. The second-order valence-electron chi connectivity index (χ2n) is 5.09. The third kappa shape index (κ3) is 3.07. The Kier molecular flexibility index (Phi) is 4.69. The van der Waals surface area contributed by atoms with Crippen molar-refractivity contribution in [2.75, 3.05) is 20.2 Å². The lowest BCUT2D eigenvalue weighted by Crippen LogP contribution is -2.43. The maximum absolute atomic E-state index is 5.73. The average Bonchev–Trinajstić information content (AvgIpc) is 2.41. The number of piperidine rings is 1. The van der Waals surface area contributed by atoms with Crippen LogP contribution in [-0.2, 0) is 17.8 Å². The molecule has 18 heavy (non-hydrogen) atoms. The van der Waals surface area contributed by atoms with E-state index >= 15 is 0 Å². The summed E-state index contributed by atoms with van der Waals surface area (Å²) in [6.07, 6.45) is 3.34. The highest BCUT2D eigenvalue weighted by molar-refractivity contribution is 5.19. The fraction of sp³-hybridized carbons (Fsp3) is 0.643. The molecule has 1 aromatic rings. The lowest BCUT2D eigenvalue weighted by atomic mass is 9.95. The molecule has 4 nitrogen and oxygen atoms in total. The van der Waals surface area contributed by atoms with Crippen molar-refractivity contribution in [1.82, 2.24) is 9.88 Å². The smallest absolute Gasteiger partial charge is 0.0724 e. The van der Waals surface area contributed by atoms with Gasteiger partial charge in [-0.15, -0.1) is 0 Å². The van der Waals surface area contributed by atoms with E-state index in [1.165, 1.54) is 12.0 Å². The highest BCUT2D eigenvalue weighted by atomic mass is 16.5. The molecule has 0 aliphatic carbocycles. The quantitative estimate of drug-likeness (QED) is 0.876. The van der Waals surface area contributed by atoms with Crippen molar-refractivity contribution in [2.45, 2.75) is 32.5 Å². The summed E-state index contributed by atoms with van der Waals surface area (Å²) < 4.78 is 5.55. The molecule has 0 radical (unpaired) electrons. The molecule has 2 unspecified atom stereocenters. The molecule has 1 aliphatic heterocycles. The number of aromatic nitrogens is 1. The van der Waals surface area contributed by atoms with Crippen molar-refractivity contribution in [3.05, 3.63) is 29.6 Å². The third-order valence-electron chi connectivity index (χ3n) is 3.85. The maximum Gasteiger partial charge on any atom is 0.0724 e. The van der Waals surface area contributed by atoms with Gasteiger partial charge in [0.05, 0.1) is 11.8 Å². The topological polar surface area (TPSA) is 51.4 Å². The molecule has 0 aromatic carbocycles. The molecule has 0 amide bonds. The molecule has 4 heteroatoms. The standard InChI is InChI=1S/C14H23N3O/c1-11-5-7-17(10-14(11)18-2)9-12-4-3-6-16-13(12)8-15/h3-4,6,11,14H,5,7-10,15H2,1-2H3. The highest BCUT2D eigenvalue weighted by Gasteiger charge is 2.26. The molecule has 100 valence electrons. The summed E-state index contributed by atoms with van der Waals surface area (Å²) in [4.78, 5) is 6.77. The van der Waals surface area contributed by atoms with E-state index < -0.39 is 0 Å². The monoisotopic (exact) mass is 249 g/mol. The van der Waals surface area contributed by atoms with Gasteiger partial charge in [-0.05, 0) is 30.5 Å². The van der Waals surface area contributed by atoms with Crippen LogP contribution in [0, 0.1) is 5.92 Å². The van der Waals surface area contributed by atoms with Crippen LogP contribution >= 0.6 is 0 Å². The molecular weight excluding hydrogens is 226 g/mol. The van der Waals surface area contributed by atoms with Gasteiger partial charge in [0.15, 0.2) is 0 Å². The van der Waals surface area contributed by atoms with Gasteiger partial charge >= 0.3 is 0 Å². The number of likely N-dealkylation sites (tertiary alicyclic amines) is 1. The van der Waals surface area contributed by atoms with Crippen LogP contribution in [0.5, 0.6) is 0 Å². The SMILES string of the molecule is COC1CN(Cc2cccnc2CN)CCC1C. The number of rotatable bonds is 4. The Labute approximate surface area is 109 Å². The summed E-state index contributed by atoms with van der Waals surface area (Å²) >= 11 is 0. The maximum atomic E-state index is 5.73. The molecule has 1 aromatic heterocycles. The van der Waals surface area contributed by atoms with E-state index in [0.29, 0.717) is 18.6 Å². The van der Waals surface area contributed by atoms with Gasteiger partial charge in [-0.3, -0.25) is 9.88 Å². The summed E-state index contributed by atoms with van der Waals surface area (Å²) in [6, 6.07) is 4.10. The van der Waals surface area contributed by atoms with Crippen molar-refractivity contribution < 1.29 is 4.74 Å². The molecule has 0 bridgehead atoms. The Morgan fingerprint density at radius 3 is 3.11 bits per heavy atom. The molecular formula is C14H23N3O. The number of methoxy groups -OCH3 is 1. The second kappa shape index (κ2) is 6.27. The molecule has 0 saturated carbocycles. The molecule has 2 atom stereocenters. The van der Waals surface area contributed by atoms with E-state index in [9.17, 15) is 0 Å². The van der Waals surface area contributed by atoms with E-state index in [1.54, 1.807) is 7.11 Å². The molecule has 1 fully saturated rings. The summed E-state index contributed by atoms with van der Waals surface area (Å²) in [7, 11) is 1.81. The second-order valence-corrected chi connectivity index (χ2v) is 5.09. The van der Waals surface area contributed by atoms with Crippen LogP contribution in [0.3, 0.4) is 0 Å². The van der Waals surface area contributed by atoms with Gasteiger partial charge in [-0.25, -0.2) is 0 Å². The number of pyridine rings is 1. The zero-order chi connectivity index (χ0) is 13.0. The minimum atomic E-state index is 0.344. The van der Waals surface area contributed by atoms with Gasteiger partial charge in [0.25, 0.3) is 0 Å².